The third-order valence-electron chi connectivity index (χ3n) is 2.19. The molecule has 2 rings (SSSR count). The highest BCUT2D eigenvalue weighted by Gasteiger charge is 2.02. The molecular formula is C12H9N3O2. The molecule has 5 heteroatoms. The monoisotopic (exact) mass is 227 g/mol. The van der Waals surface area contributed by atoms with Crippen LogP contribution in [0.1, 0.15) is 5.69 Å². The molecule has 1 amide bonds. The summed E-state index contributed by atoms with van der Waals surface area (Å²) in [5.41, 5.74) is 0.815. The molecule has 84 valence electrons. The lowest BCUT2D eigenvalue weighted by atomic mass is 10.3. The van der Waals surface area contributed by atoms with Crippen LogP contribution in [-0.4, -0.2) is 15.3 Å². The molecule has 2 aromatic heterocycles. The number of carbonyl (C=O) groups is 1. The number of hydrogen-bond acceptors (Lipinski definition) is 3. The Balaban J connectivity index is 2.35. The Labute approximate surface area is 97.1 Å². The summed E-state index contributed by atoms with van der Waals surface area (Å²) in [6.45, 7) is 0.143. The summed E-state index contributed by atoms with van der Waals surface area (Å²) >= 11 is 0. The van der Waals surface area contributed by atoms with Crippen molar-refractivity contribution in [3.05, 3.63) is 46.5 Å². The van der Waals surface area contributed by atoms with E-state index in [2.05, 4.69) is 10.3 Å². The van der Waals surface area contributed by atoms with Crippen LogP contribution >= 0.6 is 0 Å². The minimum Gasteiger partial charge on any atom is -0.340 e. The van der Waals surface area contributed by atoms with Crippen LogP contribution in [0.5, 0.6) is 0 Å². The van der Waals surface area contributed by atoms with Gasteiger partial charge in [-0.25, -0.2) is 4.98 Å². The van der Waals surface area contributed by atoms with Crippen molar-refractivity contribution in [3.63, 3.8) is 0 Å². The first-order valence-corrected chi connectivity index (χ1v) is 4.92. The molecule has 1 N–H and O–H groups in total. The number of hydrogen-bond donors (Lipinski definition) is 1. The van der Waals surface area contributed by atoms with Gasteiger partial charge in [-0.1, -0.05) is 6.07 Å². The van der Waals surface area contributed by atoms with Gasteiger partial charge in [0.1, 0.15) is 5.65 Å². The van der Waals surface area contributed by atoms with E-state index in [1.807, 2.05) is 5.92 Å². The zero-order valence-corrected chi connectivity index (χ0v) is 8.88. The molecule has 0 saturated carbocycles. The van der Waals surface area contributed by atoms with E-state index >= 15 is 0 Å². The highest BCUT2D eigenvalue weighted by Crippen LogP contribution is 1.98. The third-order valence-corrected chi connectivity index (χ3v) is 2.19. The molecule has 0 aliphatic carbocycles. The Kier molecular flexibility index (Phi) is 2.88. The Morgan fingerprint density at radius 1 is 1.53 bits per heavy atom. The number of amides is 1. The molecule has 0 radical (unpaired) electrons. The maximum atomic E-state index is 11.7. The molecule has 5 nitrogen and oxygen atoms in total. The van der Waals surface area contributed by atoms with Gasteiger partial charge in [0.15, 0.2) is 0 Å². The van der Waals surface area contributed by atoms with Crippen molar-refractivity contribution in [2.75, 3.05) is 0 Å². The summed E-state index contributed by atoms with van der Waals surface area (Å²) in [4.78, 5) is 26.8. The van der Waals surface area contributed by atoms with Crippen LogP contribution in [0.15, 0.2) is 35.3 Å². The van der Waals surface area contributed by atoms with Crippen molar-refractivity contribution >= 4 is 11.6 Å². The van der Waals surface area contributed by atoms with Crippen LogP contribution in [0.3, 0.4) is 0 Å². The van der Waals surface area contributed by atoms with Crippen molar-refractivity contribution in [2.45, 2.75) is 6.54 Å². The summed E-state index contributed by atoms with van der Waals surface area (Å²) in [6.07, 6.45) is 6.54. The molecule has 0 saturated heterocycles. The molecule has 17 heavy (non-hydrogen) atoms. The average Bonchev–Trinajstić information content (AvgIpc) is 2.36. The molecule has 2 aromatic rings. The average molecular weight is 227 g/mol. The van der Waals surface area contributed by atoms with E-state index in [9.17, 15) is 9.59 Å². The Morgan fingerprint density at radius 2 is 2.35 bits per heavy atom. The first kappa shape index (κ1) is 10.9. The van der Waals surface area contributed by atoms with E-state index < -0.39 is 5.91 Å². The number of nitrogens with one attached hydrogen (secondary N) is 1. The zero-order chi connectivity index (χ0) is 12.3. The van der Waals surface area contributed by atoms with Gasteiger partial charge in [-0.2, -0.15) is 0 Å². The van der Waals surface area contributed by atoms with Gasteiger partial charge in [-0.15, -0.1) is 6.42 Å². The predicted octanol–water partition coefficient (Wildman–Crippen LogP) is -0.0561. The highest BCUT2D eigenvalue weighted by atomic mass is 16.1. The second kappa shape index (κ2) is 4.49. The Hall–Kier alpha value is -2.61. The minimum atomic E-state index is -0.528. The van der Waals surface area contributed by atoms with Crippen LogP contribution < -0.4 is 10.9 Å². The lowest BCUT2D eigenvalue weighted by Gasteiger charge is -2.03. The first-order chi connectivity index (χ1) is 8.20. The fourth-order valence-corrected chi connectivity index (χ4v) is 1.42. The van der Waals surface area contributed by atoms with Crippen LogP contribution in [0.4, 0.5) is 0 Å². The quantitative estimate of drug-likeness (QED) is 0.731. The SMILES string of the molecule is C#CC(=O)NCc1cc(=O)n2ccccc2n1. The van der Waals surface area contributed by atoms with Crippen molar-refractivity contribution in [1.82, 2.24) is 14.7 Å². The predicted molar refractivity (Wildman–Crippen MR) is 62.1 cm³/mol. The van der Waals surface area contributed by atoms with E-state index in [0.29, 0.717) is 11.3 Å². The zero-order valence-electron chi connectivity index (χ0n) is 8.88. The summed E-state index contributed by atoms with van der Waals surface area (Å²) in [7, 11) is 0. The second-order valence-electron chi connectivity index (χ2n) is 3.34. The Bertz CT molecular complexity index is 667. The van der Waals surface area contributed by atoms with E-state index in [4.69, 9.17) is 6.42 Å². The van der Waals surface area contributed by atoms with Crippen molar-refractivity contribution in [3.8, 4) is 12.3 Å². The van der Waals surface area contributed by atoms with E-state index in [-0.39, 0.29) is 12.1 Å². The summed E-state index contributed by atoms with van der Waals surface area (Å²) in [5.74, 6) is 1.40. The molecule has 0 aliphatic heterocycles. The second-order valence-corrected chi connectivity index (χ2v) is 3.34. The van der Waals surface area contributed by atoms with Gasteiger partial charge in [0.2, 0.25) is 0 Å². The number of nitrogens with zero attached hydrogens (tertiary/aromatic N) is 2. The molecule has 0 aromatic carbocycles. The van der Waals surface area contributed by atoms with Crippen LogP contribution in [0.25, 0.3) is 5.65 Å². The number of rotatable bonds is 2. The number of aromatic nitrogens is 2. The fourth-order valence-electron chi connectivity index (χ4n) is 1.42. The Morgan fingerprint density at radius 3 is 3.12 bits per heavy atom. The van der Waals surface area contributed by atoms with Gasteiger partial charge in [-0.05, 0) is 18.1 Å². The van der Waals surface area contributed by atoms with E-state index in [0.717, 1.165) is 0 Å². The molecule has 2 heterocycles. The van der Waals surface area contributed by atoms with Crippen LogP contribution in [0, 0.1) is 12.3 Å². The molecule has 0 spiro atoms. The maximum Gasteiger partial charge on any atom is 0.295 e. The van der Waals surface area contributed by atoms with Crippen LogP contribution in [-0.2, 0) is 11.3 Å². The smallest absolute Gasteiger partial charge is 0.295 e. The van der Waals surface area contributed by atoms with Crippen LogP contribution in [0.2, 0.25) is 0 Å². The summed E-state index contributed by atoms with van der Waals surface area (Å²) in [6, 6.07) is 6.61. The summed E-state index contributed by atoms with van der Waals surface area (Å²) < 4.78 is 1.42. The standard InChI is InChI=1S/C12H9N3O2/c1-2-11(16)13-8-9-7-12(17)15-6-4-3-5-10(15)14-9/h1,3-7H,8H2,(H,13,16). The van der Waals surface area contributed by atoms with Crippen molar-refractivity contribution in [1.29, 1.82) is 0 Å². The van der Waals surface area contributed by atoms with Gasteiger partial charge in [0, 0.05) is 12.3 Å². The van der Waals surface area contributed by atoms with Crippen molar-refractivity contribution in [2.24, 2.45) is 0 Å². The molecule has 0 fully saturated rings. The minimum absolute atomic E-state index is 0.143. The topological polar surface area (TPSA) is 63.5 Å². The fraction of sp³-hybridized carbons (Fsp3) is 0.0833. The van der Waals surface area contributed by atoms with Gasteiger partial charge in [-0.3, -0.25) is 14.0 Å². The molecule has 0 unspecified atom stereocenters. The van der Waals surface area contributed by atoms with E-state index in [1.54, 1.807) is 24.4 Å². The summed E-state index contributed by atoms with van der Waals surface area (Å²) in [5, 5.41) is 2.45. The largest absolute Gasteiger partial charge is 0.340 e. The normalized spacial score (nSPS) is 9.82. The van der Waals surface area contributed by atoms with Crippen molar-refractivity contribution < 1.29 is 4.79 Å². The van der Waals surface area contributed by atoms with Gasteiger partial charge >= 0.3 is 0 Å². The molecule has 0 atom stereocenters. The lowest BCUT2D eigenvalue weighted by Crippen LogP contribution is -2.23. The maximum absolute atomic E-state index is 11.7. The third kappa shape index (κ3) is 2.32. The van der Waals surface area contributed by atoms with E-state index in [1.165, 1.54) is 10.5 Å². The lowest BCUT2D eigenvalue weighted by molar-refractivity contribution is -0.115. The highest BCUT2D eigenvalue weighted by molar-refractivity contribution is 5.92. The van der Waals surface area contributed by atoms with Gasteiger partial charge < -0.3 is 5.32 Å². The number of terminal acetylenes is 1. The van der Waals surface area contributed by atoms with Gasteiger partial charge in [0.25, 0.3) is 11.5 Å². The molecular weight excluding hydrogens is 218 g/mol. The molecule has 0 bridgehead atoms. The first-order valence-electron chi connectivity index (χ1n) is 4.92. The number of pyridine rings is 1. The number of fused-ring (bicyclic) bond motifs is 1. The molecule has 0 aliphatic rings. The van der Waals surface area contributed by atoms with Gasteiger partial charge in [0.05, 0.1) is 12.2 Å². The number of carbonyl (C=O) groups excluding carboxylic acids is 1.